The van der Waals surface area contributed by atoms with Crippen molar-refractivity contribution in [1.82, 2.24) is 25.0 Å². The van der Waals surface area contributed by atoms with Gasteiger partial charge < -0.3 is 19.9 Å². The number of carbonyl (C=O) groups is 2. The minimum absolute atomic E-state index is 0.227. The molecule has 110 valence electrons. The second-order valence-corrected chi connectivity index (χ2v) is 4.96. The molecule has 2 amide bonds. The molecule has 1 unspecified atom stereocenters. The van der Waals surface area contributed by atoms with Crippen molar-refractivity contribution in [1.29, 1.82) is 0 Å². The first kappa shape index (κ1) is 14.3. The van der Waals surface area contributed by atoms with Gasteiger partial charge in [-0.15, -0.1) is 10.2 Å². The number of carboxylic acid groups (broad SMARTS) is 1. The van der Waals surface area contributed by atoms with Crippen LogP contribution in [0.1, 0.15) is 32.0 Å². The highest BCUT2D eigenvalue weighted by atomic mass is 16.4. The van der Waals surface area contributed by atoms with Crippen molar-refractivity contribution in [3.8, 4) is 0 Å². The maximum atomic E-state index is 12.2. The smallest absolute Gasteiger partial charge is 0.329 e. The third-order valence-electron chi connectivity index (χ3n) is 3.92. The van der Waals surface area contributed by atoms with Crippen molar-refractivity contribution < 1.29 is 14.7 Å². The van der Waals surface area contributed by atoms with E-state index >= 15 is 0 Å². The lowest BCUT2D eigenvalue weighted by Crippen LogP contribution is -2.55. The van der Waals surface area contributed by atoms with Crippen LogP contribution in [0.15, 0.2) is 6.33 Å². The van der Waals surface area contributed by atoms with Crippen LogP contribution in [0, 0.1) is 0 Å². The molecule has 2 N–H and O–H groups in total. The van der Waals surface area contributed by atoms with Gasteiger partial charge in [0.2, 0.25) is 0 Å². The fraction of sp³-hybridized carbons (Fsp3) is 0.667. The molecule has 0 bridgehead atoms. The van der Waals surface area contributed by atoms with Crippen LogP contribution in [0.4, 0.5) is 4.79 Å². The van der Waals surface area contributed by atoms with Crippen molar-refractivity contribution in [3.63, 3.8) is 0 Å². The molecule has 1 aliphatic heterocycles. The molecule has 2 rings (SSSR count). The number of amides is 2. The van der Waals surface area contributed by atoms with Crippen LogP contribution in [0.5, 0.6) is 0 Å². The van der Waals surface area contributed by atoms with Crippen molar-refractivity contribution in [2.75, 3.05) is 6.54 Å². The fourth-order valence-electron chi connectivity index (χ4n) is 2.63. The van der Waals surface area contributed by atoms with E-state index < -0.39 is 11.5 Å². The Balaban J connectivity index is 2.05. The number of carbonyl (C=O) groups excluding carboxylic acids is 1. The summed E-state index contributed by atoms with van der Waals surface area (Å²) in [4.78, 5) is 25.2. The summed E-state index contributed by atoms with van der Waals surface area (Å²) in [5, 5.41) is 19.7. The number of aliphatic carboxylic acids is 1. The second-order valence-electron chi connectivity index (χ2n) is 4.96. The lowest BCUT2D eigenvalue weighted by atomic mass is 9.93. The molecular formula is C12H19N5O3. The molecule has 8 heteroatoms. The molecule has 0 aliphatic carbocycles. The highest BCUT2D eigenvalue weighted by Crippen LogP contribution is 2.32. The number of carboxylic acids is 1. The van der Waals surface area contributed by atoms with Gasteiger partial charge in [-0.1, -0.05) is 6.92 Å². The SMILES string of the molecule is CCC1(C(=O)O)CCCN1C(=O)NCc1nncn1C. The Morgan fingerprint density at radius 1 is 1.55 bits per heavy atom. The van der Waals surface area contributed by atoms with Gasteiger partial charge in [-0.05, 0) is 19.3 Å². The summed E-state index contributed by atoms with van der Waals surface area (Å²) in [5.41, 5.74) is -1.08. The number of urea groups is 1. The van der Waals surface area contributed by atoms with Crippen LogP contribution in [0.3, 0.4) is 0 Å². The van der Waals surface area contributed by atoms with Crippen LogP contribution in [-0.4, -0.2) is 48.9 Å². The molecule has 0 spiro atoms. The number of nitrogens with zero attached hydrogens (tertiary/aromatic N) is 4. The molecule has 1 saturated heterocycles. The average Bonchev–Trinajstić information content (AvgIpc) is 3.02. The maximum absolute atomic E-state index is 12.2. The zero-order chi connectivity index (χ0) is 14.8. The number of hydrogen-bond donors (Lipinski definition) is 2. The Morgan fingerprint density at radius 3 is 2.85 bits per heavy atom. The van der Waals surface area contributed by atoms with Crippen LogP contribution < -0.4 is 5.32 Å². The summed E-state index contributed by atoms with van der Waals surface area (Å²) in [5.74, 6) is -0.318. The monoisotopic (exact) mass is 281 g/mol. The summed E-state index contributed by atoms with van der Waals surface area (Å²) in [6.45, 7) is 2.48. The molecule has 2 heterocycles. The highest BCUT2D eigenvalue weighted by molar-refractivity contribution is 5.87. The highest BCUT2D eigenvalue weighted by Gasteiger charge is 2.48. The van der Waals surface area contributed by atoms with Crippen LogP contribution >= 0.6 is 0 Å². The molecule has 0 aromatic carbocycles. The Morgan fingerprint density at radius 2 is 2.30 bits per heavy atom. The largest absolute Gasteiger partial charge is 0.479 e. The van der Waals surface area contributed by atoms with E-state index in [2.05, 4.69) is 15.5 Å². The van der Waals surface area contributed by atoms with Gasteiger partial charge in [-0.25, -0.2) is 9.59 Å². The molecule has 1 aliphatic rings. The van der Waals surface area contributed by atoms with Gasteiger partial charge in [0.25, 0.3) is 0 Å². The van der Waals surface area contributed by atoms with E-state index in [4.69, 9.17) is 0 Å². The first-order valence-electron chi connectivity index (χ1n) is 6.63. The van der Waals surface area contributed by atoms with Crippen molar-refractivity contribution in [3.05, 3.63) is 12.2 Å². The van der Waals surface area contributed by atoms with Crippen LogP contribution in [0.25, 0.3) is 0 Å². The van der Waals surface area contributed by atoms with Gasteiger partial charge >= 0.3 is 12.0 Å². The second kappa shape index (κ2) is 5.48. The van der Waals surface area contributed by atoms with E-state index in [9.17, 15) is 14.7 Å². The molecule has 1 atom stereocenters. The summed E-state index contributed by atoms with van der Waals surface area (Å²) < 4.78 is 1.70. The minimum Gasteiger partial charge on any atom is -0.479 e. The predicted molar refractivity (Wildman–Crippen MR) is 69.8 cm³/mol. The maximum Gasteiger partial charge on any atom is 0.329 e. The minimum atomic E-state index is -1.08. The number of aromatic nitrogens is 3. The van der Waals surface area contributed by atoms with Crippen molar-refractivity contribution in [2.24, 2.45) is 7.05 Å². The van der Waals surface area contributed by atoms with Gasteiger partial charge in [0.1, 0.15) is 11.9 Å². The van der Waals surface area contributed by atoms with E-state index in [0.717, 1.165) is 0 Å². The first-order chi connectivity index (χ1) is 9.51. The number of nitrogens with one attached hydrogen (secondary N) is 1. The topological polar surface area (TPSA) is 100 Å². The summed E-state index contributed by atoms with van der Waals surface area (Å²) >= 11 is 0. The Bertz CT molecular complexity index is 515. The van der Waals surface area contributed by atoms with E-state index in [0.29, 0.717) is 31.6 Å². The van der Waals surface area contributed by atoms with Crippen LogP contribution in [-0.2, 0) is 18.4 Å². The standard InChI is InChI=1S/C12H19N5O3/c1-3-12(10(18)19)5-4-6-17(12)11(20)13-7-9-15-14-8-16(9)2/h8H,3-7H2,1-2H3,(H,13,20)(H,18,19). The van der Waals surface area contributed by atoms with E-state index in [1.54, 1.807) is 24.9 Å². The normalized spacial score (nSPS) is 22.0. The molecule has 1 aromatic heterocycles. The van der Waals surface area contributed by atoms with Gasteiger partial charge in [-0.2, -0.15) is 0 Å². The number of rotatable bonds is 4. The third kappa shape index (κ3) is 2.33. The van der Waals surface area contributed by atoms with Crippen LogP contribution in [0.2, 0.25) is 0 Å². The predicted octanol–water partition coefficient (Wildman–Crippen LogP) is 0.354. The first-order valence-corrected chi connectivity index (χ1v) is 6.63. The van der Waals surface area contributed by atoms with Gasteiger partial charge in [0.15, 0.2) is 5.82 Å². The number of likely N-dealkylation sites (tertiary alicyclic amines) is 1. The Kier molecular flexibility index (Phi) is 3.91. The molecular weight excluding hydrogens is 262 g/mol. The van der Waals surface area contributed by atoms with Crippen molar-refractivity contribution in [2.45, 2.75) is 38.3 Å². The van der Waals surface area contributed by atoms with Crippen molar-refractivity contribution >= 4 is 12.0 Å². The third-order valence-corrected chi connectivity index (χ3v) is 3.92. The van der Waals surface area contributed by atoms with E-state index in [-0.39, 0.29) is 12.6 Å². The molecule has 8 nitrogen and oxygen atoms in total. The van der Waals surface area contributed by atoms with Gasteiger partial charge in [-0.3, -0.25) is 0 Å². The average molecular weight is 281 g/mol. The summed E-state index contributed by atoms with van der Waals surface area (Å²) in [6.07, 6.45) is 3.15. The number of aryl methyl sites for hydroxylation is 1. The van der Waals surface area contributed by atoms with Gasteiger partial charge in [0, 0.05) is 13.6 Å². The summed E-state index contributed by atoms with van der Waals surface area (Å²) in [7, 11) is 1.78. The van der Waals surface area contributed by atoms with E-state index in [1.165, 1.54) is 4.90 Å². The summed E-state index contributed by atoms with van der Waals surface area (Å²) in [6, 6.07) is -0.366. The lowest BCUT2D eigenvalue weighted by Gasteiger charge is -2.33. The lowest BCUT2D eigenvalue weighted by molar-refractivity contribution is -0.148. The fourth-order valence-corrected chi connectivity index (χ4v) is 2.63. The molecule has 1 aromatic rings. The van der Waals surface area contributed by atoms with E-state index in [1.807, 2.05) is 0 Å². The Hall–Kier alpha value is -2.12. The quantitative estimate of drug-likeness (QED) is 0.829. The number of hydrogen-bond acceptors (Lipinski definition) is 4. The molecule has 20 heavy (non-hydrogen) atoms. The zero-order valence-electron chi connectivity index (χ0n) is 11.7. The zero-order valence-corrected chi connectivity index (χ0v) is 11.7. The molecule has 1 fully saturated rings. The van der Waals surface area contributed by atoms with Gasteiger partial charge in [0.05, 0.1) is 6.54 Å². The molecule has 0 saturated carbocycles. The molecule has 0 radical (unpaired) electrons. The Labute approximate surface area is 116 Å².